The van der Waals surface area contributed by atoms with Crippen molar-refractivity contribution in [1.29, 1.82) is 0 Å². The molecule has 2 atom stereocenters. The van der Waals surface area contributed by atoms with Crippen LogP contribution in [-0.4, -0.2) is 29.3 Å². The molecule has 0 saturated heterocycles. The molecule has 1 aromatic carbocycles. The van der Waals surface area contributed by atoms with Crippen LogP contribution < -0.4 is 0 Å². The third-order valence-electron chi connectivity index (χ3n) is 3.66. The van der Waals surface area contributed by atoms with Crippen molar-refractivity contribution in [2.75, 3.05) is 6.67 Å². The molecule has 0 amide bonds. The zero-order valence-electron chi connectivity index (χ0n) is 14.5. The Morgan fingerprint density at radius 1 is 1.16 bits per heavy atom. The van der Waals surface area contributed by atoms with E-state index >= 15 is 0 Å². The quantitative estimate of drug-likeness (QED) is 0.613. The molecule has 0 aliphatic carbocycles. The normalized spacial score (nSPS) is 12.6. The van der Waals surface area contributed by atoms with Gasteiger partial charge in [0.1, 0.15) is 6.67 Å². The first-order valence-corrected chi connectivity index (χ1v) is 8.63. The molecule has 0 bridgehead atoms. The Balaban J connectivity index is 0.000000472. The zero-order valence-corrected chi connectivity index (χ0v) is 16.0. The standard InChI is InChI=1S/C10H17FO3.C8H6Cl2O/c1-3-7(2)4-8(5-10(13)14)9(12)6-11;1-5(11)6-2-7(9)4-8(10)3-6/h7-8H,3-6H2,1-2H3,(H,13,14);2-4H,1H3. The predicted molar refractivity (Wildman–Crippen MR) is 97.3 cm³/mol. The van der Waals surface area contributed by atoms with E-state index in [0.29, 0.717) is 22.0 Å². The smallest absolute Gasteiger partial charge is 0.304 e. The first-order chi connectivity index (χ1) is 11.6. The number of carboxylic acids is 1. The van der Waals surface area contributed by atoms with Crippen molar-refractivity contribution in [3.05, 3.63) is 33.8 Å². The maximum absolute atomic E-state index is 12.1. The van der Waals surface area contributed by atoms with Crippen LogP contribution in [0.15, 0.2) is 18.2 Å². The first kappa shape index (κ1) is 23.5. The maximum Gasteiger partial charge on any atom is 0.304 e. The number of hydrogen-bond acceptors (Lipinski definition) is 3. The van der Waals surface area contributed by atoms with Crippen LogP contribution in [0.3, 0.4) is 0 Å². The van der Waals surface area contributed by atoms with Crippen molar-refractivity contribution in [3.8, 4) is 0 Å². The van der Waals surface area contributed by atoms with Crippen LogP contribution in [0.25, 0.3) is 0 Å². The fourth-order valence-electron chi connectivity index (χ4n) is 2.06. The molecule has 0 spiro atoms. The highest BCUT2D eigenvalue weighted by Gasteiger charge is 2.22. The molecule has 25 heavy (non-hydrogen) atoms. The SMILES string of the molecule is CC(=O)c1cc(Cl)cc(Cl)c1.CCC(C)CC(CC(=O)O)C(=O)CF. The summed E-state index contributed by atoms with van der Waals surface area (Å²) < 4.78 is 12.1. The summed E-state index contributed by atoms with van der Waals surface area (Å²) in [5.41, 5.74) is 0.544. The second-order valence-corrected chi connectivity index (χ2v) is 6.73. The van der Waals surface area contributed by atoms with Gasteiger partial charge in [-0.05, 0) is 37.5 Å². The lowest BCUT2D eigenvalue weighted by molar-refractivity contribution is -0.141. The Labute approximate surface area is 157 Å². The van der Waals surface area contributed by atoms with Crippen LogP contribution in [0.1, 0.15) is 50.4 Å². The number of carboxylic acid groups (broad SMARTS) is 1. The van der Waals surface area contributed by atoms with Gasteiger partial charge in [-0.2, -0.15) is 0 Å². The van der Waals surface area contributed by atoms with Gasteiger partial charge in [0.15, 0.2) is 11.6 Å². The highest BCUT2D eigenvalue weighted by Crippen LogP contribution is 2.20. The van der Waals surface area contributed by atoms with Crippen LogP contribution in [-0.2, 0) is 9.59 Å². The zero-order chi connectivity index (χ0) is 19.6. The molecular formula is C18H23Cl2FO4. The van der Waals surface area contributed by atoms with Crippen molar-refractivity contribution >= 4 is 40.7 Å². The Bertz CT molecular complexity index is 584. The summed E-state index contributed by atoms with van der Waals surface area (Å²) in [7, 11) is 0. The molecular weight excluding hydrogens is 370 g/mol. The van der Waals surface area contributed by atoms with Gasteiger partial charge in [0, 0.05) is 21.5 Å². The summed E-state index contributed by atoms with van der Waals surface area (Å²) in [6, 6.07) is 4.78. The molecule has 7 heteroatoms. The number of hydrogen-bond donors (Lipinski definition) is 1. The van der Waals surface area contributed by atoms with E-state index in [9.17, 15) is 18.8 Å². The Hall–Kier alpha value is -1.46. The average molecular weight is 393 g/mol. The molecule has 0 aliphatic heterocycles. The average Bonchev–Trinajstić information content (AvgIpc) is 2.52. The van der Waals surface area contributed by atoms with Gasteiger partial charge in [0.25, 0.3) is 0 Å². The molecule has 140 valence electrons. The van der Waals surface area contributed by atoms with E-state index in [1.807, 2.05) is 13.8 Å². The van der Waals surface area contributed by atoms with Gasteiger partial charge in [0.2, 0.25) is 0 Å². The van der Waals surface area contributed by atoms with Gasteiger partial charge in [-0.3, -0.25) is 14.4 Å². The molecule has 0 radical (unpaired) electrons. The minimum Gasteiger partial charge on any atom is -0.481 e. The second kappa shape index (κ2) is 12.0. The van der Waals surface area contributed by atoms with Crippen molar-refractivity contribution in [3.63, 3.8) is 0 Å². The Kier molecular flexibility index (Phi) is 11.3. The van der Waals surface area contributed by atoms with Crippen molar-refractivity contribution < 1.29 is 23.9 Å². The first-order valence-electron chi connectivity index (χ1n) is 7.88. The predicted octanol–water partition coefficient (Wildman–Crippen LogP) is 5.25. The number of alkyl halides is 1. The fourth-order valence-corrected chi connectivity index (χ4v) is 2.58. The number of ketones is 2. The van der Waals surface area contributed by atoms with E-state index in [-0.39, 0.29) is 18.1 Å². The van der Waals surface area contributed by atoms with Gasteiger partial charge in [-0.15, -0.1) is 0 Å². The van der Waals surface area contributed by atoms with E-state index in [1.165, 1.54) is 6.92 Å². The molecule has 0 heterocycles. The largest absolute Gasteiger partial charge is 0.481 e. The summed E-state index contributed by atoms with van der Waals surface area (Å²) in [4.78, 5) is 32.3. The third-order valence-corrected chi connectivity index (χ3v) is 4.10. The topological polar surface area (TPSA) is 71.4 Å². The number of rotatable bonds is 8. The van der Waals surface area contributed by atoms with Gasteiger partial charge < -0.3 is 5.11 Å². The van der Waals surface area contributed by atoms with E-state index in [1.54, 1.807) is 18.2 Å². The minimum atomic E-state index is -1.06. The number of Topliss-reactive ketones (excluding diaryl/α,β-unsaturated/α-hetero) is 2. The van der Waals surface area contributed by atoms with Gasteiger partial charge >= 0.3 is 5.97 Å². The summed E-state index contributed by atoms with van der Waals surface area (Å²) >= 11 is 11.3. The van der Waals surface area contributed by atoms with Crippen molar-refractivity contribution in [1.82, 2.24) is 0 Å². The number of halogens is 3. The van der Waals surface area contributed by atoms with Crippen molar-refractivity contribution in [2.24, 2.45) is 11.8 Å². The summed E-state index contributed by atoms with van der Waals surface area (Å²) in [6.07, 6.45) is 1.08. The van der Waals surface area contributed by atoms with E-state index in [2.05, 4.69) is 0 Å². The van der Waals surface area contributed by atoms with Crippen LogP contribution in [0.5, 0.6) is 0 Å². The number of carbonyl (C=O) groups is 3. The molecule has 1 aromatic rings. The molecule has 0 saturated carbocycles. The lowest BCUT2D eigenvalue weighted by Crippen LogP contribution is -2.22. The summed E-state index contributed by atoms with van der Waals surface area (Å²) in [6.45, 7) is 4.30. The van der Waals surface area contributed by atoms with E-state index in [0.717, 1.165) is 6.42 Å². The van der Waals surface area contributed by atoms with E-state index < -0.39 is 24.3 Å². The minimum absolute atomic E-state index is 0.0330. The molecule has 4 nitrogen and oxygen atoms in total. The van der Waals surface area contributed by atoms with Crippen LogP contribution in [0, 0.1) is 11.8 Å². The number of aliphatic carboxylic acids is 1. The monoisotopic (exact) mass is 392 g/mol. The molecule has 0 fully saturated rings. The number of carbonyl (C=O) groups excluding carboxylic acids is 2. The van der Waals surface area contributed by atoms with Gasteiger partial charge in [-0.1, -0.05) is 43.5 Å². The van der Waals surface area contributed by atoms with E-state index in [4.69, 9.17) is 28.3 Å². The second-order valence-electron chi connectivity index (χ2n) is 5.86. The highest BCUT2D eigenvalue weighted by atomic mass is 35.5. The van der Waals surface area contributed by atoms with Crippen molar-refractivity contribution in [2.45, 2.75) is 40.0 Å². The third kappa shape index (κ3) is 10.2. The molecule has 1 N–H and O–H groups in total. The fraction of sp³-hybridized carbons (Fsp3) is 0.500. The van der Waals surface area contributed by atoms with Gasteiger partial charge in [-0.25, -0.2) is 4.39 Å². The Morgan fingerprint density at radius 2 is 1.68 bits per heavy atom. The molecule has 0 aliphatic rings. The molecule has 0 aromatic heterocycles. The van der Waals surface area contributed by atoms with Gasteiger partial charge in [0.05, 0.1) is 6.42 Å². The molecule has 2 unspecified atom stereocenters. The highest BCUT2D eigenvalue weighted by molar-refractivity contribution is 6.35. The lowest BCUT2D eigenvalue weighted by atomic mass is 9.89. The van der Waals surface area contributed by atoms with Crippen LogP contribution in [0.4, 0.5) is 4.39 Å². The summed E-state index contributed by atoms with van der Waals surface area (Å²) in [5, 5.41) is 9.52. The maximum atomic E-state index is 12.1. The summed E-state index contributed by atoms with van der Waals surface area (Å²) in [5.74, 6) is -2.07. The lowest BCUT2D eigenvalue weighted by Gasteiger charge is -2.15. The molecule has 1 rings (SSSR count). The van der Waals surface area contributed by atoms with Crippen LogP contribution in [0.2, 0.25) is 10.0 Å². The van der Waals surface area contributed by atoms with Crippen LogP contribution >= 0.6 is 23.2 Å². The Morgan fingerprint density at radius 3 is 2.04 bits per heavy atom. The number of benzene rings is 1.